The molecule has 2 saturated heterocycles. The minimum atomic E-state index is -0.259. The van der Waals surface area contributed by atoms with Crippen LogP contribution in [0.4, 0.5) is 0 Å². The predicted octanol–water partition coefficient (Wildman–Crippen LogP) is 1.81. The molecule has 9 nitrogen and oxygen atoms in total. The molecule has 2 atom stereocenters. The fourth-order valence-electron chi connectivity index (χ4n) is 4.51. The average molecular weight is 435 g/mol. The summed E-state index contributed by atoms with van der Waals surface area (Å²) in [5.41, 5.74) is 1.17. The first kappa shape index (κ1) is 20.6. The van der Waals surface area contributed by atoms with Gasteiger partial charge in [0.1, 0.15) is 11.5 Å². The lowest BCUT2D eigenvalue weighted by atomic mass is 9.97. The second kappa shape index (κ2) is 8.66. The number of hydrogen-bond donors (Lipinski definition) is 2. The van der Waals surface area contributed by atoms with Crippen LogP contribution >= 0.6 is 0 Å². The Labute approximate surface area is 185 Å². The van der Waals surface area contributed by atoms with E-state index in [0.29, 0.717) is 56.5 Å². The Kier molecular flexibility index (Phi) is 5.57. The maximum absolute atomic E-state index is 13.3. The summed E-state index contributed by atoms with van der Waals surface area (Å²) in [7, 11) is 0. The lowest BCUT2D eigenvalue weighted by Gasteiger charge is -2.24. The Morgan fingerprint density at radius 2 is 1.91 bits per heavy atom. The summed E-state index contributed by atoms with van der Waals surface area (Å²) in [5, 5.41) is 11.3. The highest BCUT2D eigenvalue weighted by Gasteiger charge is 2.40. The zero-order valence-electron chi connectivity index (χ0n) is 18.0. The van der Waals surface area contributed by atoms with Crippen LogP contribution in [0.25, 0.3) is 10.9 Å². The topological polar surface area (TPSA) is 113 Å². The number of carbonyl (C=O) groups is 2. The van der Waals surface area contributed by atoms with E-state index in [2.05, 4.69) is 25.5 Å². The quantitative estimate of drug-likeness (QED) is 0.648. The molecule has 1 aromatic carbocycles. The van der Waals surface area contributed by atoms with Gasteiger partial charge in [-0.2, -0.15) is 5.10 Å². The zero-order valence-corrected chi connectivity index (χ0v) is 18.0. The fourth-order valence-corrected chi connectivity index (χ4v) is 4.51. The number of para-hydroxylation sites is 1. The number of ether oxygens (including phenoxy) is 1. The number of nitrogens with zero attached hydrogens (tertiary/aromatic N) is 4. The number of likely N-dealkylation sites (tertiary alicyclic amines) is 1. The van der Waals surface area contributed by atoms with Crippen molar-refractivity contribution in [1.82, 2.24) is 30.4 Å². The average Bonchev–Trinajstić information content (AvgIpc) is 3.45. The fraction of sp³-hybridized carbons (Fsp3) is 0.435. The monoisotopic (exact) mass is 434 g/mol. The van der Waals surface area contributed by atoms with Gasteiger partial charge in [-0.25, -0.2) is 9.97 Å². The van der Waals surface area contributed by atoms with Crippen molar-refractivity contribution < 1.29 is 14.3 Å². The van der Waals surface area contributed by atoms with Gasteiger partial charge < -0.3 is 15.0 Å². The Morgan fingerprint density at radius 1 is 1.09 bits per heavy atom. The van der Waals surface area contributed by atoms with Gasteiger partial charge in [0.25, 0.3) is 5.91 Å². The minimum Gasteiger partial charge on any atom is -0.381 e. The standard InChI is InChI=1S/C23H26N6O3/c1-14-24-21(28-27-14)17-12-29(13-20(17)26-22(30)16-8-10-32-11-9-16)23(31)19-7-6-15-4-2-3-5-18(15)25-19/h2-7,16-17,20H,8-13H2,1H3,(H,26,30)(H,24,27,28)/t17-,20-/m1/s1. The molecule has 2 aliphatic heterocycles. The maximum Gasteiger partial charge on any atom is 0.272 e. The van der Waals surface area contributed by atoms with E-state index in [1.165, 1.54) is 0 Å². The van der Waals surface area contributed by atoms with Crippen LogP contribution in [0.1, 0.15) is 40.9 Å². The summed E-state index contributed by atoms with van der Waals surface area (Å²) in [5.74, 6) is 0.917. The minimum absolute atomic E-state index is 0.00804. The van der Waals surface area contributed by atoms with Crippen LogP contribution in [0.2, 0.25) is 0 Å². The third-order valence-electron chi connectivity index (χ3n) is 6.29. The molecule has 0 spiro atoms. The van der Waals surface area contributed by atoms with Crippen molar-refractivity contribution in [2.75, 3.05) is 26.3 Å². The highest BCUT2D eigenvalue weighted by molar-refractivity contribution is 5.95. The molecule has 3 aromatic rings. The summed E-state index contributed by atoms with van der Waals surface area (Å²) in [4.78, 5) is 37.0. The summed E-state index contributed by atoms with van der Waals surface area (Å²) in [6.45, 7) is 3.85. The molecule has 2 N–H and O–H groups in total. The molecule has 2 aliphatic rings. The van der Waals surface area contributed by atoms with Crippen molar-refractivity contribution in [2.24, 2.45) is 5.92 Å². The van der Waals surface area contributed by atoms with Crippen molar-refractivity contribution in [3.8, 4) is 0 Å². The van der Waals surface area contributed by atoms with Gasteiger partial charge in [-0.1, -0.05) is 24.3 Å². The molecule has 4 heterocycles. The van der Waals surface area contributed by atoms with E-state index < -0.39 is 0 Å². The molecule has 0 radical (unpaired) electrons. The molecule has 166 valence electrons. The predicted molar refractivity (Wildman–Crippen MR) is 117 cm³/mol. The van der Waals surface area contributed by atoms with Crippen molar-refractivity contribution in [2.45, 2.75) is 31.7 Å². The Bertz CT molecular complexity index is 1140. The number of hydrogen-bond acceptors (Lipinski definition) is 6. The molecule has 2 amide bonds. The number of benzene rings is 1. The van der Waals surface area contributed by atoms with E-state index in [1.54, 1.807) is 11.0 Å². The van der Waals surface area contributed by atoms with Crippen LogP contribution in [-0.2, 0) is 9.53 Å². The van der Waals surface area contributed by atoms with Crippen LogP contribution in [-0.4, -0.2) is 69.2 Å². The second-order valence-corrected chi connectivity index (χ2v) is 8.49. The smallest absolute Gasteiger partial charge is 0.272 e. The summed E-state index contributed by atoms with van der Waals surface area (Å²) >= 11 is 0. The molecule has 32 heavy (non-hydrogen) atoms. The van der Waals surface area contributed by atoms with Crippen LogP contribution < -0.4 is 5.32 Å². The third-order valence-corrected chi connectivity index (χ3v) is 6.29. The molecule has 0 unspecified atom stereocenters. The van der Waals surface area contributed by atoms with Crippen molar-refractivity contribution in [1.29, 1.82) is 0 Å². The number of amides is 2. The molecule has 0 aliphatic carbocycles. The highest BCUT2D eigenvalue weighted by Crippen LogP contribution is 2.28. The number of aromatic nitrogens is 4. The number of aryl methyl sites for hydroxylation is 1. The molecular weight excluding hydrogens is 408 g/mol. The van der Waals surface area contributed by atoms with Crippen molar-refractivity contribution in [3.63, 3.8) is 0 Å². The van der Waals surface area contributed by atoms with Crippen LogP contribution in [0.3, 0.4) is 0 Å². The molecule has 2 aromatic heterocycles. The number of carbonyl (C=O) groups excluding carboxylic acids is 2. The Morgan fingerprint density at radius 3 is 2.69 bits per heavy atom. The first-order valence-corrected chi connectivity index (χ1v) is 11.0. The van der Waals surface area contributed by atoms with E-state index in [1.807, 2.05) is 37.3 Å². The summed E-state index contributed by atoms with van der Waals surface area (Å²) < 4.78 is 5.38. The van der Waals surface area contributed by atoms with Gasteiger partial charge in [-0.15, -0.1) is 0 Å². The normalized spacial score (nSPS) is 21.7. The van der Waals surface area contributed by atoms with Crippen LogP contribution in [0.15, 0.2) is 36.4 Å². The van der Waals surface area contributed by atoms with Crippen molar-refractivity contribution in [3.05, 3.63) is 53.7 Å². The summed E-state index contributed by atoms with van der Waals surface area (Å²) in [6.07, 6.45) is 1.43. The molecule has 5 rings (SSSR count). The molecule has 2 fully saturated rings. The zero-order chi connectivity index (χ0) is 22.1. The number of nitrogens with one attached hydrogen (secondary N) is 2. The van der Waals surface area contributed by atoms with Crippen molar-refractivity contribution >= 4 is 22.7 Å². The number of fused-ring (bicyclic) bond motifs is 1. The first-order valence-electron chi connectivity index (χ1n) is 11.0. The van der Waals surface area contributed by atoms with Gasteiger partial charge in [0.2, 0.25) is 5.91 Å². The lowest BCUT2D eigenvalue weighted by Crippen LogP contribution is -2.44. The van der Waals surface area contributed by atoms with E-state index in [-0.39, 0.29) is 29.7 Å². The van der Waals surface area contributed by atoms with Gasteiger partial charge >= 0.3 is 0 Å². The Hall–Kier alpha value is -3.33. The van der Waals surface area contributed by atoms with E-state index >= 15 is 0 Å². The lowest BCUT2D eigenvalue weighted by molar-refractivity contribution is -0.128. The molecule has 0 bridgehead atoms. The largest absolute Gasteiger partial charge is 0.381 e. The first-order chi connectivity index (χ1) is 15.6. The van der Waals surface area contributed by atoms with Gasteiger partial charge in [0.15, 0.2) is 5.82 Å². The number of rotatable bonds is 4. The molecule has 0 saturated carbocycles. The van der Waals surface area contributed by atoms with E-state index in [9.17, 15) is 9.59 Å². The van der Waals surface area contributed by atoms with Gasteiger partial charge in [-0.05, 0) is 31.9 Å². The number of aromatic amines is 1. The van der Waals surface area contributed by atoms with Gasteiger partial charge in [0, 0.05) is 37.6 Å². The second-order valence-electron chi connectivity index (χ2n) is 8.49. The third kappa shape index (κ3) is 4.08. The number of pyridine rings is 1. The maximum atomic E-state index is 13.3. The molecule has 9 heteroatoms. The molecular formula is C23H26N6O3. The Balaban J connectivity index is 1.37. The van der Waals surface area contributed by atoms with Gasteiger partial charge in [-0.3, -0.25) is 14.7 Å². The highest BCUT2D eigenvalue weighted by atomic mass is 16.5. The van der Waals surface area contributed by atoms with E-state index in [4.69, 9.17) is 4.74 Å². The number of H-pyrrole nitrogens is 1. The SMILES string of the molecule is Cc1nc([C@@H]2CN(C(=O)c3ccc4ccccc4n3)C[C@H]2NC(=O)C2CCOCC2)n[nH]1. The van der Waals surface area contributed by atoms with Crippen LogP contribution in [0, 0.1) is 12.8 Å². The summed E-state index contributed by atoms with van der Waals surface area (Å²) in [6, 6.07) is 11.1. The van der Waals surface area contributed by atoms with Crippen LogP contribution in [0.5, 0.6) is 0 Å². The van der Waals surface area contributed by atoms with E-state index in [0.717, 1.165) is 10.9 Å². The van der Waals surface area contributed by atoms with Gasteiger partial charge in [0.05, 0.1) is 17.5 Å².